The third-order valence-electron chi connectivity index (χ3n) is 1.08. The van der Waals surface area contributed by atoms with Gasteiger partial charge in [0.1, 0.15) is 0 Å². The maximum absolute atomic E-state index is 8.53. The van der Waals surface area contributed by atoms with E-state index in [4.69, 9.17) is 11.7 Å². The maximum atomic E-state index is 8.53. The summed E-state index contributed by atoms with van der Waals surface area (Å²) in [5, 5.41) is 8.53. The van der Waals surface area contributed by atoms with Crippen LogP contribution in [0, 0.1) is 23.7 Å². The van der Waals surface area contributed by atoms with Crippen molar-refractivity contribution in [3.05, 3.63) is 23.3 Å². The molecule has 2 heteroatoms. The van der Waals surface area contributed by atoms with Crippen LogP contribution in [0.5, 0.6) is 0 Å². The van der Waals surface area contributed by atoms with Gasteiger partial charge in [-0.05, 0) is 30.8 Å². The minimum absolute atomic E-state index is 0.673. The van der Waals surface area contributed by atoms with Crippen LogP contribution in [0.15, 0.2) is 23.3 Å². The molecule has 0 aliphatic carbocycles. The van der Waals surface area contributed by atoms with Gasteiger partial charge in [0.2, 0.25) is 0 Å². The molecule has 0 aromatic carbocycles. The van der Waals surface area contributed by atoms with Gasteiger partial charge >= 0.3 is 0 Å². The van der Waals surface area contributed by atoms with Gasteiger partial charge in [-0.3, -0.25) is 0 Å². The third kappa shape index (κ3) is 4.38. The van der Waals surface area contributed by atoms with E-state index in [1.807, 2.05) is 6.92 Å². The van der Waals surface area contributed by atoms with Crippen LogP contribution < -0.4 is 0 Å². The van der Waals surface area contributed by atoms with Gasteiger partial charge in [0, 0.05) is 5.57 Å². The second kappa shape index (κ2) is 5.72. The van der Waals surface area contributed by atoms with Gasteiger partial charge in [0.25, 0.3) is 0 Å². The molecule has 56 valence electrons. The number of hydrogen-bond acceptors (Lipinski definition) is 1. The predicted octanol–water partition coefficient (Wildman–Crippen LogP) is 1.89. The Bertz CT molecular complexity index is 260. The summed E-state index contributed by atoms with van der Waals surface area (Å²) in [5.74, 6) is 2.40. The van der Waals surface area contributed by atoms with Crippen molar-refractivity contribution < 1.29 is 0 Å². The van der Waals surface area contributed by atoms with Crippen molar-refractivity contribution in [2.24, 2.45) is 0 Å². The highest BCUT2D eigenvalue weighted by Gasteiger charge is 1.89. The lowest BCUT2D eigenvalue weighted by molar-refractivity contribution is 1.42. The molecule has 0 aliphatic heterocycles. The van der Waals surface area contributed by atoms with Crippen LogP contribution in [0.25, 0.3) is 0 Å². The fourth-order valence-electron chi connectivity index (χ4n) is 0.585. The molecule has 0 saturated carbocycles. The van der Waals surface area contributed by atoms with Crippen molar-refractivity contribution in [1.29, 1.82) is 5.26 Å². The zero-order valence-electron chi connectivity index (χ0n) is 6.46. The van der Waals surface area contributed by atoms with E-state index in [2.05, 4.69) is 21.2 Å². The highest BCUT2D eigenvalue weighted by Crippen LogP contribution is 2.03. The molecule has 0 N–H and O–H groups in total. The first-order chi connectivity index (χ1) is 5.24. The SMILES string of the molecule is C#C/C=C(C)\C=C(\C#N)CP. The zero-order chi connectivity index (χ0) is 8.69. The Labute approximate surface area is 70.0 Å². The first kappa shape index (κ1) is 9.96. The lowest BCUT2D eigenvalue weighted by Gasteiger charge is -1.90. The second-order valence-electron chi connectivity index (χ2n) is 2.04. The molecule has 0 aromatic heterocycles. The lowest BCUT2D eigenvalue weighted by atomic mass is 10.2. The molecule has 0 spiro atoms. The van der Waals surface area contributed by atoms with Crippen LogP contribution in [0.4, 0.5) is 0 Å². The molecule has 1 unspecified atom stereocenters. The Morgan fingerprint density at radius 3 is 2.73 bits per heavy atom. The Morgan fingerprint density at radius 2 is 2.36 bits per heavy atom. The lowest BCUT2D eigenvalue weighted by Crippen LogP contribution is -1.79. The number of nitrogens with zero attached hydrogens (tertiary/aromatic N) is 1. The monoisotopic (exact) mass is 163 g/mol. The molecule has 0 rings (SSSR count). The number of allylic oxidation sites excluding steroid dienone is 4. The summed E-state index contributed by atoms with van der Waals surface area (Å²) >= 11 is 0. The van der Waals surface area contributed by atoms with Gasteiger partial charge < -0.3 is 0 Å². The van der Waals surface area contributed by atoms with Crippen LogP contribution in [0.2, 0.25) is 0 Å². The molecule has 0 aromatic rings. The summed E-state index contributed by atoms with van der Waals surface area (Å²) in [6.07, 6.45) is 9.14. The van der Waals surface area contributed by atoms with Crippen LogP contribution in [0.3, 0.4) is 0 Å². The topological polar surface area (TPSA) is 23.8 Å². The van der Waals surface area contributed by atoms with Crippen molar-refractivity contribution in [3.8, 4) is 18.4 Å². The Balaban J connectivity index is 4.45. The highest BCUT2D eigenvalue weighted by atomic mass is 31.0. The minimum Gasteiger partial charge on any atom is -0.193 e. The van der Waals surface area contributed by atoms with E-state index in [1.165, 1.54) is 0 Å². The second-order valence-corrected chi connectivity index (χ2v) is 2.45. The molecule has 11 heavy (non-hydrogen) atoms. The number of nitriles is 1. The molecular formula is C9H10NP. The summed E-state index contributed by atoms with van der Waals surface area (Å²) in [5.41, 5.74) is 1.66. The number of rotatable bonds is 2. The van der Waals surface area contributed by atoms with Crippen LogP contribution in [0.1, 0.15) is 6.92 Å². The molecule has 0 fully saturated rings. The van der Waals surface area contributed by atoms with Crippen molar-refractivity contribution in [1.82, 2.24) is 0 Å². The summed E-state index contributed by atoms with van der Waals surface area (Å²) in [4.78, 5) is 0. The molecule has 0 radical (unpaired) electrons. The van der Waals surface area contributed by atoms with Gasteiger partial charge in [-0.1, -0.05) is 5.92 Å². The van der Waals surface area contributed by atoms with E-state index in [1.54, 1.807) is 12.2 Å². The molecule has 0 bridgehead atoms. The minimum atomic E-state index is 0.673. The van der Waals surface area contributed by atoms with Crippen molar-refractivity contribution in [2.75, 3.05) is 6.16 Å². The Morgan fingerprint density at radius 1 is 1.73 bits per heavy atom. The standard InChI is InChI=1S/C9H10NP/c1-3-4-8(2)5-9(6-10)7-11/h1,4-5H,7,11H2,2H3/b8-4-,9-5-. The molecule has 1 atom stereocenters. The maximum Gasteiger partial charge on any atom is 0.0950 e. The average Bonchev–Trinajstić information content (AvgIpc) is 2.01. The van der Waals surface area contributed by atoms with E-state index >= 15 is 0 Å². The molecular weight excluding hydrogens is 153 g/mol. The summed E-state index contributed by atoms with van der Waals surface area (Å²) in [6.45, 7) is 1.87. The number of hydrogen-bond donors (Lipinski definition) is 0. The van der Waals surface area contributed by atoms with Crippen LogP contribution in [-0.2, 0) is 0 Å². The van der Waals surface area contributed by atoms with Gasteiger partial charge in [-0.15, -0.1) is 15.7 Å². The van der Waals surface area contributed by atoms with E-state index in [9.17, 15) is 0 Å². The summed E-state index contributed by atoms with van der Waals surface area (Å²) in [7, 11) is 2.50. The summed E-state index contributed by atoms with van der Waals surface area (Å²) < 4.78 is 0. The van der Waals surface area contributed by atoms with Crippen LogP contribution >= 0.6 is 9.24 Å². The van der Waals surface area contributed by atoms with E-state index in [0.29, 0.717) is 6.16 Å². The van der Waals surface area contributed by atoms with Gasteiger partial charge in [-0.25, -0.2) is 0 Å². The quantitative estimate of drug-likeness (QED) is 0.264. The Kier molecular flexibility index (Phi) is 5.18. The smallest absolute Gasteiger partial charge is 0.0950 e. The molecule has 0 heterocycles. The first-order valence-corrected chi connectivity index (χ1v) is 4.00. The predicted molar refractivity (Wildman–Crippen MR) is 50.9 cm³/mol. The fourth-order valence-corrected chi connectivity index (χ4v) is 0.794. The normalized spacial score (nSPS) is 12.0. The molecule has 0 aliphatic rings. The average molecular weight is 163 g/mol. The first-order valence-electron chi connectivity index (χ1n) is 3.18. The van der Waals surface area contributed by atoms with E-state index < -0.39 is 0 Å². The molecule has 0 amide bonds. The van der Waals surface area contributed by atoms with Crippen molar-refractivity contribution >= 4 is 9.24 Å². The van der Waals surface area contributed by atoms with Crippen LogP contribution in [-0.4, -0.2) is 6.16 Å². The van der Waals surface area contributed by atoms with Crippen molar-refractivity contribution in [3.63, 3.8) is 0 Å². The zero-order valence-corrected chi connectivity index (χ0v) is 7.62. The fraction of sp³-hybridized carbons (Fsp3) is 0.222. The largest absolute Gasteiger partial charge is 0.193 e. The van der Waals surface area contributed by atoms with Gasteiger partial charge in [0.05, 0.1) is 6.07 Å². The highest BCUT2D eigenvalue weighted by molar-refractivity contribution is 7.16. The van der Waals surface area contributed by atoms with Crippen molar-refractivity contribution in [2.45, 2.75) is 6.92 Å². The Hall–Kier alpha value is -1.04. The molecule has 1 nitrogen and oxygen atoms in total. The summed E-state index contributed by atoms with van der Waals surface area (Å²) in [6, 6.07) is 2.07. The van der Waals surface area contributed by atoms with Gasteiger partial charge in [-0.2, -0.15) is 5.26 Å². The number of terminal acetylenes is 1. The third-order valence-corrected chi connectivity index (χ3v) is 1.52. The van der Waals surface area contributed by atoms with E-state index in [-0.39, 0.29) is 0 Å². The van der Waals surface area contributed by atoms with E-state index in [0.717, 1.165) is 11.1 Å². The van der Waals surface area contributed by atoms with Gasteiger partial charge in [0.15, 0.2) is 0 Å². The molecule has 0 saturated heterocycles.